The Balaban J connectivity index is 1.45. The van der Waals surface area contributed by atoms with Gasteiger partial charge in [-0.1, -0.05) is 36.4 Å². The molecule has 1 heterocycles. The van der Waals surface area contributed by atoms with Crippen LogP contribution >= 0.6 is 0 Å². The molecule has 25 heavy (non-hydrogen) atoms. The van der Waals surface area contributed by atoms with Gasteiger partial charge in [0.1, 0.15) is 5.75 Å². The van der Waals surface area contributed by atoms with Crippen LogP contribution in [0.2, 0.25) is 0 Å². The molecule has 0 saturated heterocycles. The normalized spacial score (nSPS) is 10.4. The standard InChI is InChI=1S/C21H21NO3/c1-24-20-9-4-16(5-10-20)6-11-21(23)22-14-17-2-7-18(8-3-17)19-12-13-25-15-19/h2-5,7-10,12-13,15H,6,11,14H2,1H3,(H,22,23). The molecule has 0 aliphatic heterocycles. The number of amides is 1. The summed E-state index contributed by atoms with van der Waals surface area (Å²) in [5, 5.41) is 2.96. The molecule has 0 unspecified atom stereocenters. The number of carbonyl (C=O) groups is 1. The van der Waals surface area contributed by atoms with Crippen molar-refractivity contribution in [1.29, 1.82) is 0 Å². The van der Waals surface area contributed by atoms with E-state index in [1.165, 1.54) is 0 Å². The molecule has 1 aromatic heterocycles. The zero-order chi connectivity index (χ0) is 17.5. The van der Waals surface area contributed by atoms with Crippen molar-refractivity contribution < 1.29 is 13.9 Å². The molecule has 3 aromatic rings. The Kier molecular flexibility index (Phi) is 5.52. The van der Waals surface area contributed by atoms with E-state index in [2.05, 4.69) is 5.32 Å². The number of hydrogen-bond donors (Lipinski definition) is 1. The van der Waals surface area contributed by atoms with Crippen molar-refractivity contribution in [2.75, 3.05) is 7.11 Å². The van der Waals surface area contributed by atoms with Crippen molar-refractivity contribution in [3.63, 3.8) is 0 Å². The molecule has 1 amide bonds. The van der Waals surface area contributed by atoms with Gasteiger partial charge in [-0.05, 0) is 41.3 Å². The molecular weight excluding hydrogens is 314 g/mol. The van der Waals surface area contributed by atoms with Crippen molar-refractivity contribution in [3.05, 3.63) is 78.3 Å². The van der Waals surface area contributed by atoms with Crippen LogP contribution in [0.3, 0.4) is 0 Å². The smallest absolute Gasteiger partial charge is 0.220 e. The first-order valence-electron chi connectivity index (χ1n) is 8.26. The molecule has 128 valence electrons. The summed E-state index contributed by atoms with van der Waals surface area (Å²) in [4.78, 5) is 12.0. The van der Waals surface area contributed by atoms with Gasteiger partial charge in [-0.3, -0.25) is 4.79 Å². The monoisotopic (exact) mass is 335 g/mol. The zero-order valence-electron chi connectivity index (χ0n) is 14.2. The number of rotatable bonds is 7. The lowest BCUT2D eigenvalue weighted by Gasteiger charge is -2.07. The van der Waals surface area contributed by atoms with Gasteiger partial charge in [-0.25, -0.2) is 0 Å². The Morgan fingerprint density at radius 3 is 2.32 bits per heavy atom. The minimum Gasteiger partial charge on any atom is -0.497 e. The molecule has 4 nitrogen and oxygen atoms in total. The number of methoxy groups -OCH3 is 1. The summed E-state index contributed by atoms with van der Waals surface area (Å²) >= 11 is 0. The first-order valence-corrected chi connectivity index (χ1v) is 8.26. The van der Waals surface area contributed by atoms with Gasteiger partial charge in [0.05, 0.1) is 19.6 Å². The van der Waals surface area contributed by atoms with E-state index in [1.54, 1.807) is 19.6 Å². The van der Waals surface area contributed by atoms with E-state index in [4.69, 9.17) is 9.15 Å². The van der Waals surface area contributed by atoms with Gasteiger partial charge >= 0.3 is 0 Å². The second-order valence-electron chi connectivity index (χ2n) is 5.83. The Morgan fingerprint density at radius 2 is 1.68 bits per heavy atom. The minimum atomic E-state index is 0.0507. The lowest BCUT2D eigenvalue weighted by Crippen LogP contribution is -2.22. The first-order chi connectivity index (χ1) is 12.2. The second-order valence-corrected chi connectivity index (χ2v) is 5.83. The number of benzene rings is 2. The third-order valence-corrected chi connectivity index (χ3v) is 4.10. The number of ether oxygens (including phenoxy) is 1. The van der Waals surface area contributed by atoms with Crippen LogP contribution in [-0.4, -0.2) is 13.0 Å². The third kappa shape index (κ3) is 4.73. The summed E-state index contributed by atoms with van der Waals surface area (Å²) in [6.07, 6.45) is 4.57. The molecule has 0 radical (unpaired) electrons. The van der Waals surface area contributed by atoms with E-state index < -0.39 is 0 Å². The topological polar surface area (TPSA) is 51.5 Å². The number of aryl methyl sites for hydroxylation is 1. The molecule has 0 saturated carbocycles. The van der Waals surface area contributed by atoms with Gasteiger partial charge in [0.15, 0.2) is 0 Å². The van der Waals surface area contributed by atoms with Crippen molar-refractivity contribution in [3.8, 4) is 16.9 Å². The zero-order valence-corrected chi connectivity index (χ0v) is 14.2. The van der Waals surface area contributed by atoms with Crippen LogP contribution in [0.1, 0.15) is 17.5 Å². The Labute approximate surface area is 147 Å². The maximum absolute atomic E-state index is 12.0. The summed E-state index contributed by atoms with van der Waals surface area (Å²) in [5.41, 5.74) is 4.35. The van der Waals surface area contributed by atoms with Crippen LogP contribution in [-0.2, 0) is 17.8 Å². The van der Waals surface area contributed by atoms with Gasteiger partial charge in [-0.15, -0.1) is 0 Å². The Bertz CT molecular complexity index is 790. The minimum absolute atomic E-state index is 0.0507. The fourth-order valence-corrected chi connectivity index (χ4v) is 2.58. The summed E-state index contributed by atoms with van der Waals surface area (Å²) < 4.78 is 10.2. The van der Waals surface area contributed by atoms with E-state index in [0.717, 1.165) is 34.4 Å². The van der Waals surface area contributed by atoms with Crippen LogP contribution in [0.5, 0.6) is 5.75 Å². The summed E-state index contributed by atoms with van der Waals surface area (Å²) in [6, 6.07) is 17.8. The van der Waals surface area contributed by atoms with E-state index in [-0.39, 0.29) is 5.91 Å². The predicted octanol–water partition coefficient (Wildman–Crippen LogP) is 4.20. The van der Waals surface area contributed by atoms with E-state index in [9.17, 15) is 4.79 Å². The molecule has 0 aliphatic carbocycles. The van der Waals surface area contributed by atoms with Gasteiger partial charge in [0.25, 0.3) is 0 Å². The molecule has 0 aliphatic rings. The third-order valence-electron chi connectivity index (χ3n) is 4.10. The van der Waals surface area contributed by atoms with Crippen molar-refractivity contribution in [2.45, 2.75) is 19.4 Å². The van der Waals surface area contributed by atoms with Gasteiger partial charge in [0, 0.05) is 18.5 Å². The van der Waals surface area contributed by atoms with E-state index in [1.807, 2.05) is 54.6 Å². The molecule has 3 rings (SSSR count). The number of nitrogens with one attached hydrogen (secondary N) is 1. The lowest BCUT2D eigenvalue weighted by atomic mass is 10.1. The Hall–Kier alpha value is -3.01. The second kappa shape index (κ2) is 8.20. The number of furan rings is 1. The quantitative estimate of drug-likeness (QED) is 0.704. The molecule has 1 N–H and O–H groups in total. The van der Waals surface area contributed by atoms with Crippen LogP contribution < -0.4 is 10.1 Å². The van der Waals surface area contributed by atoms with Gasteiger partial charge in [-0.2, -0.15) is 0 Å². The predicted molar refractivity (Wildman–Crippen MR) is 97.3 cm³/mol. The fourth-order valence-electron chi connectivity index (χ4n) is 2.58. The van der Waals surface area contributed by atoms with Crippen LogP contribution in [0, 0.1) is 0 Å². The molecular formula is C21H21NO3. The average molecular weight is 335 g/mol. The molecule has 0 atom stereocenters. The van der Waals surface area contributed by atoms with E-state index >= 15 is 0 Å². The van der Waals surface area contributed by atoms with Crippen molar-refractivity contribution >= 4 is 5.91 Å². The summed E-state index contributed by atoms with van der Waals surface area (Å²) in [6.45, 7) is 0.535. The van der Waals surface area contributed by atoms with Crippen LogP contribution in [0.15, 0.2) is 71.5 Å². The number of hydrogen-bond acceptors (Lipinski definition) is 3. The molecule has 2 aromatic carbocycles. The highest BCUT2D eigenvalue weighted by Crippen LogP contribution is 2.20. The van der Waals surface area contributed by atoms with Crippen LogP contribution in [0.25, 0.3) is 11.1 Å². The largest absolute Gasteiger partial charge is 0.497 e. The number of carbonyl (C=O) groups excluding carboxylic acids is 1. The van der Waals surface area contributed by atoms with Crippen molar-refractivity contribution in [1.82, 2.24) is 5.32 Å². The average Bonchev–Trinajstić information content (AvgIpc) is 3.20. The van der Waals surface area contributed by atoms with Crippen LogP contribution in [0.4, 0.5) is 0 Å². The molecule has 0 bridgehead atoms. The molecule has 0 spiro atoms. The highest BCUT2D eigenvalue weighted by molar-refractivity contribution is 5.76. The SMILES string of the molecule is COc1ccc(CCC(=O)NCc2ccc(-c3ccoc3)cc2)cc1. The first kappa shape index (κ1) is 16.8. The summed E-state index contributed by atoms with van der Waals surface area (Å²) in [7, 11) is 1.64. The maximum atomic E-state index is 12.0. The highest BCUT2D eigenvalue weighted by atomic mass is 16.5. The van der Waals surface area contributed by atoms with Crippen molar-refractivity contribution in [2.24, 2.45) is 0 Å². The Morgan fingerprint density at radius 1 is 0.960 bits per heavy atom. The fraction of sp³-hybridized carbons (Fsp3) is 0.190. The van der Waals surface area contributed by atoms with Gasteiger partial charge in [0.2, 0.25) is 5.91 Å². The van der Waals surface area contributed by atoms with Gasteiger partial charge < -0.3 is 14.5 Å². The molecule has 0 fully saturated rings. The molecule has 4 heteroatoms. The van der Waals surface area contributed by atoms with E-state index in [0.29, 0.717) is 13.0 Å². The summed E-state index contributed by atoms with van der Waals surface area (Å²) in [5.74, 6) is 0.877. The maximum Gasteiger partial charge on any atom is 0.220 e. The lowest BCUT2D eigenvalue weighted by molar-refractivity contribution is -0.121. The highest BCUT2D eigenvalue weighted by Gasteiger charge is 2.04.